The van der Waals surface area contributed by atoms with Gasteiger partial charge in [0.2, 0.25) is 5.56 Å². The number of nitrogens with zero attached hydrogens (tertiary/aromatic N) is 1. The van der Waals surface area contributed by atoms with Gasteiger partial charge in [-0.15, -0.1) is 11.3 Å². The van der Waals surface area contributed by atoms with E-state index in [9.17, 15) is 4.79 Å². The minimum Gasteiger partial charge on any atom is -0.380 e. The van der Waals surface area contributed by atoms with Gasteiger partial charge in [-0.1, -0.05) is 35.7 Å². The predicted molar refractivity (Wildman–Crippen MR) is 147 cm³/mol. The third kappa shape index (κ3) is 4.89. The number of pyridine rings is 1. The minimum absolute atomic E-state index is 0.0768. The Morgan fingerprint density at radius 3 is 2.71 bits per heavy atom. The first kappa shape index (κ1) is 22.8. The highest BCUT2D eigenvalue weighted by Gasteiger charge is 2.22. The van der Waals surface area contributed by atoms with Gasteiger partial charge >= 0.3 is 0 Å². The van der Waals surface area contributed by atoms with Crippen molar-refractivity contribution in [1.82, 2.24) is 4.98 Å². The number of aromatic amines is 1. The van der Waals surface area contributed by atoms with Gasteiger partial charge in [-0.3, -0.25) is 4.79 Å². The lowest BCUT2D eigenvalue weighted by atomic mass is 10.1. The SMILES string of the molecule is Cc1csc(CNc2ccc3c(c2)Sc2cccc(-c4cc(N5CCOCC5)cc(=O)[nH]4)c2S3)c1. The number of morpholine rings is 1. The summed E-state index contributed by atoms with van der Waals surface area (Å²) in [6.07, 6.45) is 0. The molecule has 0 unspecified atom stereocenters. The molecule has 35 heavy (non-hydrogen) atoms. The molecular weight excluding hydrogens is 495 g/mol. The van der Waals surface area contributed by atoms with Crippen LogP contribution < -0.4 is 15.8 Å². The van der Waals surface area contributed by atoms with Gasteiger partial charge in [0.25, 0.3) is 0 Å². The second-order valence-electron chi connectivity index (χ2n) is 8.66. The zero-order valence-electron chi connectivity index (χ0n) is 19.3. The van der Waals surface area contributed by atoms with Crippen LogP contribution in [-0.2, 0) is 11.3 Å². The van der Waals surface area contributed by atoms with Gasteiger partial charge in [0, 0.05) is 67.1 Å². The van der Waals surface area contributed by atoms with Crippen LogP contribution in [0, 0.1) is 6.92 Å². The van der Waals surface area contributed by atoms with Crippen molar-refractivity contribution in [3.63, 3.8) is 0 Å². The molecule has 1 saturated heterocycles. The second-order valence-corrected chi connectivity index (χ2v) is 11.8. The highest BCUT2D eigenvalue weighted by molar-refractivity contribution is 8.05. The highest BCUT2D eigenvalue weighted by Crippen LogP contribution is 2.52. The monoisotopic (exact) mass is 519 g/mol. The zero-order chi connectivity index (χ0) is 23.8. The lowest BCUT2D eigenvalue weighted by Crippen LogP contribution is -2.36. The summed E-state index contributed by atoms with van der Waals surface area (Å²) in [7, 11) is 0. The van der Waals surface area contributed by atoms with E-state index in [-0.39, 0.29) is 5.56 Å². The Hall–Kier alpha value is -2.65. The average Bonchev–Trinajstić information content (AvgIpc) is 3.31. The first-order valence-corrected chi connectivity index (χ1v) is 14.1. The lowest BCUT2D eigenvalue weighted by Gasteiger charge is -2.29. The maximum absolute atomic E-state index is 12.6. The summed E-state index contributed by atoms with van der Waals surface area (Å²) in [6.45, 7) is 5.95. The maximum atomic E-state index is 12.6. The van der Waals surface area contributed by atoms with Crippen molar-refractivity contribution in [2.45, 2.75) is 33.1 Å². The Bertz CT molecular complexity index is 1440. The molecule has 2 aliphatic rings. The number of benzene rings is 2. The van der Waals surface area contributed by atoms with E-state index in [1.165, 1.54) is 30.0 Å². The molecule has 0 amide bonds. The molecule has 2 aliphatic heterocycles. The maximum Gasteiger partial charge on any atom is 0.250 e. The summed E-state index contributed by atoms with van der Waals surface area (Å²) in [5.41, 5.74) is 5.24. The van der Waals surface area contributed by atoms with E-state index in [2.05, 4.69) is 76.0 Å². The number of thiophene rings is 1. The van der Waals surface area contributed by atoms with Crippen molar-refractivity contribution in [2.75, 3.05) is 36.5 Å². The molecule has 2 aromatic carbocycles. The number of aryl methyl sites for hydroxylation is 1. The second kappa shape index (κ2) is 9.78. The highest BCUT2D eigenvalue weighted by atomic mass is 32.2. The van der Waals surface area contributed by atoms with Gasteiger partial charge < -0.3 is 19.9 Å². The standard InChI is InChI=1S/C27H25N3O2S3/c1-17-11-20(33-16-17)15-28-18-5-6-23-25(12-18)34-24-4-2-3-21(27(24)35-23)22-13-19(14-26(31)29-22)30-7-9-32-10-8-30/h2-6,11-14,16,28H,7-10,15H2,1H3,(H,29,31). The number of ether oxygens (including phenoxy) is 1. The number of aromatic nitrogens is 1. The van der Waals surface area contributed by atoms with Crippen molar-refractivity contribution in [3.05, 3.63) is 80.8 Å². The van der Waals surface area contributed by atoms with Crippen LogP contribution in [0.5, 0.6) is 0 Å². The van der Waals surface area contributed by atoms with Crippen LogP contribution in [0.15, 0.2) is 84.4 Å². The molecule has 0 saturated carbocycles. The Morgan fingerprint density at radius 2 is 1.89 bits per heavy atom. The quantitative estimate of drug-likeness (QED) is 0.277. The van der Waals surface area contributed by atoms with Gasteiger partial charge in [0.1, 0.15) is 0 Å². The van der Waals surface area contributed by atoms with E-state index in [1.807, 2.05) is 0 Å². The molecule has 0 radical (unpaired) electrons. The molecule has 4 heterocycles. The minimum atomic E-state index is -0.0768. The van der Waals surface area contributed by atoms with Crippen LogP contribution in [0.4, 0.5) is 11.4 Å². The van der Waals surface area contributed by atoms with Gasteiger partial charge in [0.15, 0.2) is 0 Å². The first-order valence-electron chi connectivity index (χ1n) is 11.6. The van der Waals surface area contributed by atoms with Crippen molar-refractivity contribution in [2.24, 2.45) is 0 Å². The summed E-state index contributed by atoms with van der Waals surface area (Å²) >= 11 is 5.36. The molecule has 2 N–H and O–H groups in total. The lowest BCUT2D eigenvalue weighted by molar-refractivity contribution is 0.122. The predicted octanol–water partition coefficient (Wildman–Crippen LogP) is 6.48. The smallest absolute Gasteiger partial charge is 0.250 e. The molecule has 178 valence electrons. The third-order valence-corrected chi connectivity index (χ3v) is 9.75. The van der Waals surface area contributed by atoms with Crippen LogP contribution in [0.25, 0.3) is 11.3 Å². The van der Waals surface area contributed by atoms with Crippen LogP contribution in [-0.4, -0.2) is 31.3 Å². The molecular formula is C27H25N3O2S3. The Balaban J connectivity index is 1.27. The average molecular weight is 520 g/mol. The van der Waals surface area contributed by atoms with E-state index >= 15 is 0 Å². The molecule has 0 spiro atoms. The normalized spacial score (nSPS) is 14.9. The molecule has 2 aromatic heterocycles. The number of hydrogen-bond donors (Lipinski definition) is 2. The van der Waals surface area contributed by atoms with Crippen molar-refractivity contribution in [3.8, 4) is 11.3 Å². The molecule has 0 atom stereocenters. The topological polar surface area (TPSA) is 57.4 Å². The van der Waals surface area contributed by atoms with E-state index in [0.717, 1.165) is 42.3 Å². The van der Waals surface area contributed by atoms with Crippen LogP contribution in [0.1, 0.15) is 10.4 Å². The summed E-state index contributed by atoms with van der Waals surface area (Å²) in [4.78, 5) is 24.1. The Labute approximate surface area is 216 Å². The zero-order valence-corrected chi connectivity index (χ0v) is 21.7. The van der Waals surface area contributed by atoms with Crippen LogP contribution in [0.2, 0.25) is 0 Å². The van der Waals surface area contributed by atoms with Crippen LogP contribution in [0.3, 0.4) is 0 Å². The van der Waals surface area contributed by atoms with Crippen molar-refractivity contribution < 1.29 is 4.74 Å². The Morgan fingerprint density at radius 1 is 1.00 bits per heavy atom. The van der Waals surface area contributed by atoms with Gasteiger partial charge in [0.05, 0.1) is 18.9 Å². The first-order chi connectivity index (χ1) is 17.1. The van der Waals surface area contributed by atoms with Crippen LogP contribution >= 0.6 is 34.9 Å². The van der Waals surface area contributed by atoms with Gasteiger partial charge in [-0.05, 0) is 54.3 Å². The molecule has 4 aromatic rings. The van der Waals surface area contributed by atoms with E-state index in [0.29, 0.717) is 13.2 Å². The number of rotatable bonds is 5. The number of fused-ring (bicyclic) bond motifs is 2. The molecule has 5 nitrogen and oxygen atoms in total. The largest absolute Gasteiger partial charge is 0.380 e. The Kier molecular flexibility index (Phi) is 6.37. The van der Waals surface area contributed by atoms with E-state index in [1.54, 1.807) is 40.9 Å². The van der Waals surface area contributed by atoms with Crippen molar-refractivity contribution >= 4 is 46.2 Å². The summed E-state index contributed by atoms with van der Waals surface area (Å²) in [6, 6.07) is 19.0. The number of hydrogen-bond acceptors (Lipinski definition) is 7. The third-order valence-electron chi connectivity index (χ3n) is 6.10. The fraction of sp³-hybridized carbons (Fsp3) is 0.222. The number of anilines is 2. The van der Waals surface area contributed by atoms with E-state index in [4.69, 9.17) is 4.74 Å². The number of H-pyrrole nitrogens is 1. The van der Waals surface area contributed by atoms with E-state index < -0.39 is 0 Å². The number of nitrogens with one attached hydrogen (secondary N) is 2. The summed E-state index contributed by atoms with van der Waals surface area (Å²) < 4.78 is 5.48. The molecule has 1 fully saturated rings. The summed E-state index contributed by atoms with van der Waals surface area (Å²) in [5, 5.41) is 5.75. The molecule has 8 heteroatoms. The fourth-order valence-corrected chi connectivity index (χ4v) is 7.60. The molecule has 0 bridgehead atoms. The van der Waals surface area contributed by atoms with Gasteiger partial charge in [-0.25, -0.2) is 0 Å². The molecule has 0 aliphatic carbocycles. The molecule has 6 rings (SSSR count). The summed E-state index contributed by atoms with van der Waals surface area (Å²) in [5.74, 6) is 0. The van der Waals surface area contributed by atoms with Gasteiger partial charge in [-0.2, -0.15) is 0 Å². The van der Waals surface area contributed by atoms with Crippen molar-refractivity contribution in [1.29, 1.82) is 0 Å². The fourth-order valence-electron chi connectivity index (χ4n) is 4.37.